The topological polar surface area (TPSA) is 90.0 Å². The van der Waals surface area contributed by atoms with E-state index < -0.39 is 4.92 Å². The Morgan fingerprint density at radius 3 is 2.64 bits per heavy atom. The molecule has 0 spiro atoms. The van der Waals surface area contributed by atoms with Crippen molar-refractivity contribution in [2.45, 2.75) is 20.8 Å². The average molecular weight is 338 g/mol. The fraction of sp³-hybridized carbons (Fsp3) is 0.235. The normalized spacial score (nSPS) is 10.7. The van der Waals surface area contributed by atoms with Gasteiger partial charge in [0.1, 0.15) is 18.2 Å². The summed E-state index contributed by atoms with van der Waals surface area (Å²) in [5.74, 6) is 1.02. The van der Waals surface area contributed by atoms with Crippen molar-refractivity contribution in [1.82, 2.24) is 19.7 Å². The lowest BCUT2D eigenvalue weighted by molar-refractivity contribution is -0.384. The van der Waals surface area contributed by atoms with Crippen molar-refractivity contribution < 1.29 is 4.92 Å². The van der Waals surface area contributed by atoms with E-state index in [-0.39, 0.29) is 5.69 Å². The molecule has 8 heteroatoms. The van der Waals surface area contributed by atoms with Crippen molar-refractivity contribution >= 4 is 17.2 Å². The van der Waals surface area contributed by atoms with Gasteiger partial charge in [0.25, 0.3) is 5.95 Å². The summed E-state index contributed by atoms with van der Waals surface area (Å²) in [6.07, 6.45) is 2.49. The maximum Gasteiger partial charge on any atom is 0.307 e. The Kier molecular flexibility index (Phi) is 4.42. The Balaban J connectivity index is 2.06. The van der Waals surface area contributed by atoms with Crippen LogP contribution in [0.5, 0.6) is 0 Å². The summed E-state index contributed by atoms with van der Waals surface area (Å²) in [5, 5.41) is 14.9. The molecule has 0 unspecified atom stereocenters. The highest BCUT2D eigenvalue weighted by atomic mass is 16.6. The predicted octanol–water partition coefficient (Wildman–Crippen LogP) is 3.35. The fourth-order valence-electron chi connectivity index (χ4n) is 2.62. The molecule has 0 radical (unpaired) electrons. The van der Waals surface area contributed by atoms with Crippen LogP contribution in [0.1, 0.15) is 18.2 Å². The van der Waals surface area contributed by atoms with Crippen molar-refractivity contribution in [3.63, 3.8) is 0 Å². The summed E-state index contributed by atoms with van der Waals surface area (Å²) < 4.78 is 1.32. The van der Waals surface area contributed by atoms with Crippen molar-refractivity contribution in [3.05, 3.63) is 64.1 Å². The molecule has 2 heterocycles. The van der Waals surface area contributed by atoms with Crippen LogP contribution in [0.15, 0.2) is 42.7 Å². The number of aryl methyl sites for hydroxylation is 2. The minimum atomic E-state index is -0.494. The second-order valence-corrected chi connectivity index (χ2v) is 5.60. The third kappa shape index (κ3) is 3.32. The first-order valence-electron chi connectivity index (χ1n) is 7.88. The van der Waals surface area contributed by atoms with Gasteiger partial charge in [-0.1, -0.05) is 18.2 Å². The molecule has 128 valence electrons. The number of hydrogen-bond acceptors (Lipinski definition) is 6. The summed E-state index contributed by atoms with van der Waals surface area (Å²) >= 11 is 0. The van der Waals surface area contributed by atoms with Crippen LogP contribution < -0.4 is 4.90 Å². The molecule has 0 bridgehead atoms. The van der Waals surface area contributed by atoms with Crippen LogP contribution in [0.4, 0.5) is 17.2 Å². The SMILES string of the molecule is CCN(c1cc(C)nc(-n2cc([N+](=O)[O-])cn2)n1)c1ccccc1C. The summed E-state index contributed by atoms with van der Waals surface area (Å²) in [7, 11) is 0. The molecule has 0 aliphatic carbocycles. The number of nitro groups is 1. The van der Waals surface area contributed by atoms with Gasteiger partial charge in [0, 0.05) is 24.0 Å². The van der Waals surface area contributed by atoms with Gasteiger partial charge in [-0.15, -0.1) is 0 Å². The van der Waals surface area contributed by atoms with Crippen LogP contribution in [-0.2, 0) is 0 Å². The highest BCUT2D eigenvalue weighted by molar-refractivity contribution is 5.64. The summed E-state index contributed by atoms with van der Waals surface area (Å²) in [4.78, 5) is 21.3. The van der Waals surface area contributed by atoms with Gasteiger partial charge < -0.3 is 4.90 Å². The molecule has 0 saturated heterocycles. The zero-order chi connectivity index (χ0) is 18.0. The van der Waals surface area contributed by atoms with Crippen LogP contribution in [-0.4, -0.2) is 31.2 Å². The van der Waals surface area contributed by atoms with Gasteiger partial charge in [0.05, 0.1) is 4.92 Å². The van der Waals surface area contributed by atoms with Crippen molar-refractivity contribution in [1.29, 1.82) is 0 Å². The first kappa shape index (κ1) is 16.6. The molecule has 0 saturated carbocycles. The van der Waals surface area contributed by atoms with E-state index in [1.54, 1.807) is 0 Å². The van der Waals surface area contributed by atoms with Gasteiger partial charge in [0.15, 0.2) is 0 Å². The molecule has 0 aliphatic heterocycles. The molecular formula is C17H18N6O2. The van der Waals surface area contributed by atoms with E-state index in [0.717, 1.165) is 29.3 Å². The molecule has 1 aromatic carbocycles. The van der Waals surface area contributed by atoms with E-state index in [9.17, 15) is 10.1 Å². The molecular weight excluding hydrogens is 320 g/mol. The molecule has 0 aliphatic rings. The highest BCUT2D eigenvalue weighted by Gasteiger charge is 2.16. The second-order valence-electron chi connectivity index (χ2n) is 5.60. The maximum atomic E-state index is 10.9. The van der Waals surface area contributed by atoms with E-state index in [2.05, 4.69) is 20.0 Å². The van der Waals surface area contributed by atoms with Crippen LogP contribution in [0.3, 0.4) is 0 Å². The molecule has 25 heavy (non-hydrogen) atoms. The molecule has 0 atom stereocenters. The maximum absolute atomic E-state index is 10.9. The zero-order valence-corrected chi connectivity index (χ0v) is 14.2. The Morgan fingerprint density at radius 1 is 1.24 bits per heavy atom. The summed E-state index contributed by atoms with van der Waals surface area (Å²) in [6, 6.07) is 9.94. The van der Waals surface area contributed by atoms with Gasteiger partial charge >= 0.3 is 5.69 Å². The Morgan fingerprint density at radius 2 is 2.00 bits per heavy atom. The summed E-state index contributed by atoms with van der Waals surface area (Å²) in [6.45, 7) is 6.67. The number of anilines is 2. The van der Waals surface area contributed by atoms with E-state index >= 15 is 0 Å². The molecule has 0 fully saturated rings. The minimum absolute atomic E-state index is 0.0992. The largest absolute Gasteiger partial charge is 0.326 e. The number of nitrogens with zero attached hydrogens (tertiary/aromatic N) is 6. The Hall–Kier alpha value is -3.29. The van der Waals surface area contributed by atoms with Crippen LogP contribution >= 0.6 is 0 Å². The zero-order valence-electron chi connectivity index (χ0n) is 14.2. The number of para-hydroxylation sites is 1. The number of rotatable bonds is 5. The molecule has 0 amide bonds. The smallest absolute Gasteiger partial charge is 0.307 e. The van der Waals surface area contributed by atoms with E-state index in [0.29, 0.717) is 5.95 Å². The lowest BCUT2D eigenvalue weighted by Crippen LogP contribution is -2.20. The van der Waals surface area contributed by atoms with Crippen LogP contribution in [0, 0.1) is 24.0 Å². The number of benzene rings is 1. The van der Waals surface area contributed by atoms with Gasteiger partial charge in [-0.2, -0.15) is 14.8 Å². The molecule has 3 aromatic rings. The predicted molar refractivity (Wildman–Crippen MR) is 94.4 cm³/mol. The third-order valence-corrected chi connectivity index (χ3v) is 3.81. The fourth-order valence-corrected chi connectivity index (χ4v) is 2.62. The van der Waals surface area contributed by atoms with Gasteiger partial charge in [-0.3, -0.25) is 10.1 Å². The highest BCUT2D eigenvalue weighted by Crippen LogP contribution is 2.27. The van der Waals surface area contributed by atoms with Crippen molar-refractivity contribution in [2.75, 3.05) is 11.4 Å². The van der Waals surface area contributed by atoms with E-state index in [1.165, 1.54) is 17.1 Å². The minimum Gasteiger partial charge on any atom is -0.326 e. The Bertz CT molecular complexity index is 921. The first-order chi connectivity index (χ1) is 12.0. The number of aromatic nitrogens is 4. The van der Waals surface area contributed by atoms with Crippen molar-refractivity contribution in [2.24, 2.45) is 0 Å². The summed E-state index contributed by atoms with van der Waals surface area (Å²) in [5.41, 5.74) is 2.85. The lowest BCUT2D eigenvalue weighted by Gasteiger charge is -2.24. The van der Waals surface area contributed by atoms with Gasteiger partial charge in [-0.25, -0.2) is 4.98 Å². The third-order valence-electron chi connectivity index (χ3n) is 3.81. The first-order valence-corrected chi connectivity index (χ1v) is 7.88. The van der Waals surface area contributed by atoms with Gasteiger partial charge in [-0.05, 0) is 32.4 Å². The van der Waals surface area contributed by atoms with E-state index in [1.807, 2.05) is 51.1 Å². The van der Waals surface area contributed by atoms with Crippen LogP contribution in [0.2, 0.25) is 0 Å². The van der Waals surface area contributed by atoms with Gasteiger partial charge in [0.2, 0.25) is 0 Å². The Labute approximate surface area is 144 Å². The lowest BCUT2D eigenvalue weighted by atomic mass is 10.2. The second kappa shape index (κ2) is 6.68. The quantitative estimate of drug-likeness (QED) is 0.523. The standard InChI is InChI=1S/C17H18N6O2/c1-4-21(15-8-6-5-7-12(15)2)16-9-13(3)19-17(20-16)22-11-14(10-18-22)23(24)25/h5-11H,4H2,1-3H3. The monoisotopic (exact) mass is 338 g/mol. The van der Waals surface area contributed by atoms with Crippen LogP contribution in [0.25, 0.3) is 5.95 Å². The molecule has 0 N–H and O–H groups in total. The molecule has 3 rings (SSSR count). The van der Waals surface area contributed by atoms with Crippen molar-refractivity contribution in [3.8, 4) is 5.95 Å². The average Bonchev–Trinajstić information content (AvgIpc) is 3.07. The van der Waals surface area contributed by atoms with E-state index in [4.69, 9.17) is 0 Å². The molecule has 8 nitrogen and oxygen atoms in total. The number of hydrogen-bond donors (Lipinski definition) is 0. The molecule has 2 aromatic heterocycles.